The zero-order chi connectivity index (χ0) is 27.7. The highest BCUT2D eigenvalue weighted by atomic mass is 31.1. The average molecular weight is 559 g/mol. The maximum Gasteiger partial charge on any atom is 0.698 e. The van der Waals surface area contributed by atoms with Crippen LogP contribution in [0.4, 0.5) is 10.2 Å². The Morgan fingerprint density at radius 2 is 1.97 bits per heavy atom. The van der Waals surface area contributed by atoms with Crippen molar-refractivity contribution in [3.63, 3.8) is 0 Å². The van der Waals surface area contributed by atoms with Crippen LogP contribution in [0.2, 0.25) is 0 Å². The van der Waals surface area contributed by atoms with Gasteiger partial charge in [-0.2, -0.15) is 14.4 Å². The first kappa shape index (κ1) is 30.2. The van der Waals surface area contributed by atoms with Gasteiger partial charge in [-0.1, -0.05) is 51.9 Å². The molecule has 1 aliphatic rings. The summed E-state index contributed by atoms with van der Waals surface area (Å²) in [6.07, 6.45) is 6.62. The largest absolute Gasteiger partial charge is 0.698 e. The number of fused-ring (bicyclic) bond motifs is 1. The van der Waals surface area contributed by atoms with E-state index in [1.807, 2.05) is 0 Å². The second-order valence-corrected chi connectivity index (χ2v) is 10.6. The zero-order valence-electron chi connectivity index (χ0n) is 22.2. The molecule has 0 aliphatic carbocycles. The van der Waals surface area contributed by atoms with E-state index >= 15 is 0 Å². The van der Waals surface area contributed by atoms with E-state index in [2.05, 4.69) is 21.9 Å². The number of nitrogens with two attached hydrogens (primary N) is 1. The summed E-state index contributed by atoms with van der Waals surface area (Å²) in [5.41, 5.74) is 4.75. The lowest BCUT2D eigenvalue weighted by Crippen LogP contribution is -2.40. The fraction of sp³-hybridized carbons (Fsp3) is 0.750. The topological polar surface area (TPSA) is 161 Å². The lowest BCUT2D eigenvalue weighted by Gasteiger charge is -2.24. The number of esters is 1. The van der Waals surface area contributed by atoms with Gasteiger partial charge in [-0.05, 0) is 20.3 Å². The van der Waals surface area contributed by atoms with Crippen LogP contribution >= 0.6 is 8.25 Å². The van der Waals surface area contributed by atoms with Crippen LogP contribution in [-0.4, -0.2) is 61.6 Å². The Labute approximate surface area is 222 Å². The number of carbonyl (C=O) groups is 1. The number of rotatable bonds is 16. The molecule has 2 aromatic heterocycles. The molecule has 5 atom stereocenters. The Balaban J connectivity index is 1.40. The molecule has 3 heterocycles. The third kappa shape index (κ3) is 8.09. The van der Waals surface area contributed by atoms with Crippen molar-refractivity contribution in [2.75, 3.05) is 18.9 Å². The van der Waals surface area contributed by atoms with E-state index in [1.54, 1.807) is 6.92 Å². The van der Waals surface area contributed by atoms with Crippen molar-refractivity contribution in [3.05, 3.63) is 12.4 Å². The second kappa shape index (κ2) is 14.2. The highest BCUT2D eigenvalue weighted by Crippen LogP contribution is 2.40. The number of unbranched alkanes of at least 4 members (excludes halogenated alkanes) is 7. The molecule has 1 unspecified atom stereocenters. The van der Waals surface area contributed by atoms with Crippen molar-refractivity contribution in [1.82, 2.24) is 19.5 Å². The number of ether oxygens (including phenoxy) is 2. The standard InChI is InChI=1S/C24H38FN5O7P/c1-4-5-6-7-8-9-10-11-12-34-22(32)16(2)37-38(33)35-14-24(3)17(31)13-18(36-24)30-15-27-19-20(26)28-23(25)29-21(19)30/h15-18,31H,4-14H2,1-3H3,(H2,26,28,29)/q+1/t16-,17-,18+,24+/m0/s1. The molecule has 0 amide bonds. The number of hydrogen-bond donors (Lipinski definition) is 2. The first-order valence-electron chi connectivity index (χ1n) is 13.1. The predicted molar refractivity (Wildman–Crippen MR) is 137 cm³/mol. The molecule has 2 aromatic rings. The van der Waals surface area contributed by atoms with Gasteiger partial charge in [-0.25, -0.2) is 9.78 Å². The smallest absolute Gasteiger partial charge is 0.464 e. The fourth-order valence-corrected chi connectivity index (χ4v) is 4.98. The average Bonchev–Trinajstić information content (AvgIpc) is 3.42. The van der Waals surface area contributed by atoms with E-state index in [0.29, 0.717) is 0 Å². The first-order chi connectivity index (χ1) is 18.1. The summed E-state index contributed by atoms with van der Waals surface area (Å²) in [4.78, 5) is 23.4. The number of aliphatic hydroxyl groups is 1. The molecule has 1 aliphatic heterocycles. The van der Waals surface area contributed by atoms with Gasteiger partial charge in [0.15, 0.2) is 17.0 Å². The first-order valence-corrected chi connectivity index (χ1v) is 14.2. The number of nitrogens with zero attached hydrogens (tertiary/aromatic N) is 4. The van der Waals surface area contributed by atoms with Crippen LogP contribution in [-0.2, 0) is 27.9 Å². The van der Waals surface area contributed by atoms with E-state index < -0.39 is 44.3 Å². The predicted octanol–water partition coefficient (Wildman–Crippen LogP) is 4.35. The Bertz CT molecular complexity index is 1090. The van der Waals surface area contributed by atoms with Crippen molar-refractivity contribution in [1.29, 1.82) is 0 Å². The maximum atomic E-state index is 13.7. The van der Waals surface area contributed by atoms with Crippen molar-refractivity contribution in [2.24, 2.45) is 0 Å². The molecule has 0 spiro atoms. The number of carbonyl (C=O) groups excluding carboxylic acids is 1. The van der Waals surface area contributed by atoms with Crippen molar-refractivity contribution in [2.45, 2.75) is 103 Å². The molecule has 1 saturated heterocycles. The van der Waals surface area contributed by atoms with Gasteiger partial charge in [0, 0.05) is 11.0 Å². The fourth-order valence-electron chi connectivity index (χ4n) is 4.21. The number of nitrogen functional groups attached to an aromatic ring is 1. The molecule has 3 rings (SSSR count). The van der Waals surface area contributed by atoms with Gasteiger partial charge in [0.1, 0.15) is 18.4 Å². The maximum absolute atomic E-state index is 13.7. The summed E-state index contributed by atoms with van der Waals surface area (Å²) >= 11 is 0. The van der Waals surface area contributed by atoms with Crippen LogP contribution in [0.25, 0.3) is 11.2 Å². The van der Waals surface area contributed by atoms with E-state index in [4.69, 9.17) is 24.3 Å². The number of aromatic nitrogens is 4. The molecular formula is C24H38FN5O7P+. The normalized spacial score (nSPS) is 22.6. The number of halogens is 1. The molecule has 0 radical (unpaired) electrons. The van der Waals surface area contributed by atoms with Gasteiger partial charge in [-0.15, -0.1) is 9.05 Å². The minimum absolute atomic E-state index is 0.107. The molecule has 212 valence electrons. The lowest BCUT2D eigenvalue weighted by molar-refractivity contribution is -0.151. The molecule has 14 heteroatoms. The molecule has 38 heavy (non-hydrogen) atoms. The van der Waals surface area contributed by atoms with Crippen molar-refractivity contribution in [3.8, 4) is 0 Å². The van der Waals surface area contributed by atoms with Gasteiger partial charge < -0.3 is 20.3 Å². The number of anilines is 1. The third-order valence-corrected chi connectivity index (χ3v) is 7.37. The lowest BCUT2D eigenvalue weighted by atomic mass is 10.0. The van der Waals surface area contributed by atoms with E-state index in [9.17, 15) is 18.9 Å². The third-order valence-electron chi connectivity index (χ3n) is 6.54. The molecule has 12 nitrogen and oxygen atoms in total. The van der Waals surface area contributed by atoms with Crippen LogP contribution in [0.5, 0.6) is 0 Å². The van der Waals surface area contributed by atoms with E-state index in [0.717, 1.165) is 19.3 Å². The highest BCUT2D eigenvalue weighted by molar-refractivity contribution is 7.33. The minimum Gasteiger partial charge on any atom is -0.464 e. The Morgan fingerprint density at radius 1 is 1.29 bits per heavy atom. The number of aliphatic hydroxyl groups excluding tert-OH is 1. The van der Waals surface area contributed by atoms with Crippen molar-refractivity contribution < 1.29 is 37.4 Å². The molecule has 0 bridgehead atoms. The molecule has 0 aromatic carbocycles. The van der Waals surface area contributed by atoms with Crippen LogP contribution < -0.4 is 5.73 Å². The van der Waals surface area contributed by atoms with Gasteiger partial charge >= 0.3 is 20.3 Å². The Morgan fingerprint density at radius 3 is 2.68 bits per heavy atom. The minimum atomic E-state index is -2.70. The van der Waals surface area contributed by atoms with Crippen LogP contribution in [0.3, 0.4) is 0 Å². The molecular weight excluding hydrogens is 520 g/mol. The molecule has 3 N–H and O–H groups in total. The van der Waals surface area contributed by atoms with E-state index in [-0.39, 0.29) is 36.6 Å². The monoisotopic (exact) mass is 558 g/mol. The summed E-state index contributed by atoms with van der Waals surface area (Å²) in [7, 11) is -2.70. The van der Waals surface area contributed by atoms with Gasteiger partial charge in [0.2, 0.25) is 6.10 Å². The van der Waals surface area contributed by atoms with Gasteiger partial charge in [-0.3, -0.25) is 4.57 Å². The Hall–Kier alpha value is -2.31. The molecule has 0 saturated carbocycles. The Kier molecular flexibility index (Phi) is 11.3. The summed E-state index contributed by atoms with van der Waals surface area (Å²) < 4.78 is 49.0. The number of hydrogen-bond acceptors (Lipinski definition) is 11. The van der Waals surface area contributed by atoms with Gasteiger partial charge in [0.25, 0.3) is 0 Å². The summed E-state index contributed by atoms with van der Waals surface area (Å²) in [6.45, 7) is 5.18. The highest BCUT2D eigenvalue weighted by Gasteiger charge is 2.48. The van der Waals surface area contributed by atoms with Crippen LogP contribution in [0.1, 0.15) is 84.8 Å². The second-order valence-electron chi connectivity index (χ2n) is 9.73. The zero-order valence-corrected chi connectivity index (χ0v) is 23.1. The van der Waals surface area contributed by atoms with Crippen LogP contribution in [0, 0.1) is 6.08 Å². The molecule has 1 fully saturated rings. The van der Waals surface area contributed by atoms with E-state index in [1.165, 1.54) is 49.9 Å². The van der Waals surface area contributed by atoms with Crippen molar-refractivity contribution >= 4 is 31.2 Å². The number of imidazole rings is 1. The van der Waals surface area contributed by atoms with Gasteiger partial charge in [0.05, 0.1) is 19.0 Å². The quantitative estimate of drug-likeness (QED) is 0.130. The summed E-state index contributed by atoms with van der Waals surface area (Å²) in [6, 6.07) is 0. The summed E-state index contributed by atoms with van der Waals surface area (Å²) in [5, 5.41) is 10.6. The van der Waals surface area contributed by atoms with Crippen LogP contribution in [0.15, 0.2) is 6.33 Å². The summed E-state index contributed by atoms with van der Waals surface area (Å²) in [5.74, 6) is -0.737. The SMILES string of the molecule is CCCCCCCCCCOC(=O)[C@H](C)O[P+](=O)OC[C@@]1(C)O[C@@H](n2cnc3c(N)nc(F)nc32)C[C@@H]1O.